The van der Waals surface area contributed by atoms with E-state index in [1.807, 2.05) is 0 Å². The van der Waals surface area contributed by atoms with Crippen molar-refractivity contribution in [3.05, 3.63) is 60.7 Å². The second-order valence-electron chi connectivity index (χ2n) is 9.90. The molecule has 2 saturated heterocycles. The summed E-state index contributed by atoms with van der Waals surface area (Å²) in [5.41, 5.74) is 0. The van der Waals surface area contributed by atoms with Crippen molar-refractivity contribution in [1.82, 2.24) is 0 Å². The predicted molar refractivity (Wildman–Crippen MR) is 126 cm³/mol. The van der Waals surface area contributed by atoms with E-state index in [-0.39, 0.29) is 36.1 Å². The van der Waals surface area contributed by atoms with Gasteiger partial charge in [0.15, 0.2) is 0 Å². The fourth-order valence-electron chi connectivity index (χ4n) is 5.25. The number of aliphatic hydroxyl groups is 1. The molecule has 4 atom stereocenters. The molecular formula is C26H36O4Si. The van der Waals surface area contributed by atoms with Crippen LogP contribution in [0.1, 0.15) is 46.5 Å². The summed E-state index contributed by atoms with van der Waals surface area (Å²) in [5.74, 6) is 0. The summed E-state index contributed by atoms with van der Waals surface area (Å²) in [7, 11) is -2.53. The third-order valence-corrected chi connectivity index (χ3v) is 11.8. The molecule has 2 aromatic carbocycles. The highest BCUT2D eigenvalue weighted by molar-refractivity contribution is 6.99. The molecule has 0 spiro atoms. The van der Waals surface area contributed by atoms with Crippen molar-refractivity contribution in [2.45, 2.75) is 75.9 Å². The van der Waals surface area contributed by atoms with Gasteiger partial charge in [0.25, 0.3) is 8.32 Å². The lowest BCUT2D eigenvalue weighted by Gasteiger charge is -2.43. The second kappa shape index (κ2) is 9.55. The number of hydrogen-bond acceptors (Lipinski definition) is 4. The maximum atomic E-state index is 9.36. The smallest absolute Gasteiger partial charge is 0.261 e. The van der Waals surface area contributed by atoms with E-state index >= 15 is 0 Å². The van der Waals surface area contributed by atoms with Crippen LogP contribution >= 0.6 is 0 Å². The highest BCUT2D eigenvalue weighted by atomic mass is 28.4. The van der Waals surface area contributed by atoms with Crippen LogP contribution in [0.4, 0.5) is 0 Å². The largest absolute Gasteiger partial charge is 0.405 e. The molecule has 2 heterocycles. The Morgan fingerprint density at radius 1 is 0.806 bits per heavy atom. The van der Waals surface area contributed by atoms with Crippen LogP contribution < -0.4 is 10.4 Å². The fourth-order valence-corrected chi connectivity index (χ4v) is 9.84. The van der Waals surface area contributed by atoms with Gasteiger partial charge in [0.2, 0.25) is 0 Å². The molecule has 2 fully saturated rings. The van der Waals surface area contributed by atoms with Crippen LogP contribution in [-0.2, 0) is 13.9 Å². The molecule has 0 radical (unpaired) electrons. The van der Waals surface area contributed by atoms with Gasteiger partial charge >= 0.3 is 0 Å². The van der Waals surface area contributed by atoms with Crippen molar-refractivity contribution < 1.29 is 19.0 Å². The lowest BCUT2D eigenvalue weighted by atomic mass is 10.1. The van der Waals surface area contributed by atoms with Gasteiger partial charge in [-0.05, 0) is 41.1 Å². The topological polar surface area (TPSA) is 47.9 Å². The third kappa shape index (κ3) is 4.66. The standard InChI is InChI=1S/C26H36O4Si/c1-26(2,3)31(22-10-6-4-7-11-22,23-12-8-5-9-13-23)28-19-21-15-17-25(30-21)24-16-14-20(18-27)29-24/h4-13,20-21,24-25,27H,14-19H2,1-3H3/t20-,21-,24-,25-/m1/s1. The Morgan fingerprint density at radius 3 is 1.74 bits per heavy atom. The van der Waals surface area contributed by atoms with E-state index in [1.54, 1.807) is 0 Å². The molecule has 2 aromatic rings. The van der Waals surface area contributed by atoms with Crippen molar-refractivity contribution in [2.75, 3.05) is 13.2 Å². The van der Waals surface area contributed by atoms with Crippen molar-refractivity contribution in [3.63, 3.8) is 0 Å². The van der Waals surface area contributed by atoms with E-state index in [9.17, 15) is 5.11 Å². The minimum Gasteiger partial charge on any atom is -0.405 e. The summed E-state index contributed by atoms with van der Waals surface area (Å²) in [5, 5.41) is 11.9. The zero-order valence-corrected chi connectivity index (χ0v) is 20.0. The van der Waals surface area contributed by atoms with Crippen LogP contribution in [0.25, 0.3) is 0 Å². The number of rotatable bonds is 7. The molecule has 0 amide bonds. The van der Waals surface area contributed by atoms with Gasteiger partial charge in [-0.2, -0.15) is 0 Å². The predicted octanol–water partition coefficient (Wildman–Crippen LogP) is 3.65. The number of ether oxygens (including phenoxy) is 2. The first-order valence-electron chi connectivity index (χ1n) is 11.6. The average molecular weight is 441 g/mol. The Kier molecular flexibility index (Phi) is 6.99. The Hall–Kier alpha value is -1.50. The van der Waals surface area contributed by atoms with Gasteiger partial charge in [-0.15, -0.1) is 0 Å². The minimum absolute atomic E-state index is 0.0268. The number of aliphatic hydroxyl groups excluding tert-OH is 1. The van der Waals surface area contributed by atoms with Crippen LogP contribution in [0.15, 0.2) is 60.7 Å². The molecule has 2 aliphatic rings. The van der Waals surface area contributed by atoms with Crippen LogP contribution in [0, 0.1) is 0 Å². The summed E-state index contributed by atoms with van der Waals surface area (Å²) in [6.07, 6.45) is 4.16. The highest BCUT2D eigenvalue weighted by Crippen LogP contribution is 2.38. The van der Waals surface area contributed by atoms with Gasteiger partial charge in [-0.1, -0.05) is 81.4 Å². The monoisotopic (exact) mass is 440 g/mol. The van der Waals surface area contributed by atoms with Crippen LogP contribution in [0.5, 0.6) is 0 Å². The molecular weight excluding hydrogens is 404 g/mol. The van der Waals surface area contributed by atoms with Gasteiger partial charge in [0, 0.05) is 0 Å². The first-order valence-corrected chi connectivity index (χ1v) is 13.5. The average Bonchev–Trinajstić information content (AvgIpc) is 3.44. The molecule has 168 valence electrons. The molecule has 0 bridgehead atoms. The maximum absolute atomic E-state index is 9.36. The summed E-state index contributed by atoms with van der Waals surface area (Å²) >= 11 is 0. The van der Waals surface area contributed by atoms with E-state index in [2.05, 4.69) is 81.4 Å². The zero-order valence-electron chi connectivity index (χ0n) is 19.0. The third-order valence-electron chi connectivity index (χ3n) is 6.80. The molecule has 0 aromatic heterocycles. The van der Waals surface area contributed by atoms with Crippen molar-refractivity contribution in [1.29, 1.82) is 0 Å². The summed E-state index contributed by atoms with van der Waals surface area (Å²) < 4.78 is 19.4. The molecule has 31 heavy (non-hydrogen) atoms. The lowest BCUT2D eigenvalue weighted by Crippen LogP contribution is -2.67. The Labute approximate surface area is 187 Å². The van der Waals surface area contributed by atoms with Crippen LogP contribution in [0.3, 0.4) is 0 Å². The fraction of sp³-hybridized carbons (Fsp3) is 0.538. The van der Waals surface area contributed by atoms with E-state index in [4.69, 9.17) is 13.9 Å². The van der Waals surface area contributed by atoms with Gasteiger partial charge in [-0.3, -0.25) is 0 Å². The Balaban J connectivity index is 1.54. The minimum atomic E-state index is -2.53. The molecule has 4 rings (SSSR count). The van der Waals surface area contributed by atoms with Gasteiger partial charge < -0.3 is 19.0 Å². The van der Waals surface area contributed by atoms with E-state index in [0.717, 1.165) is 25.7 Å². The Bertz CT molecular complexity index is 781. The first-order chi connectivity index (χ1) is 14.9. The number of benzene rings is 2. The number of hydrogen-bond donors (Lipinski definition) is 1. The molecule has 0 saturated carbocycles. The molecule has 4 nitrogen and oxygen atoms in total. The van der Waals surface area contributed by atoms with Crippen molar-refractivity contribution >= 4 is 18.7 Å². The first kappa shape index (κ1) is 22.7. The molecule has 1 N–H and O–H groups in total. The van der Waals surface area contributed by atoms with Crippen molar-refractivity contribution in [3.8, 4) is 0 Å². The van der Waals surface area contributed by atoms with E-state index in [0.29, 0.717) is 6.61 Å². The van der Waals surface area contributed by atoms with E-state index < -0.39 is 8.32 Å². The summed E-state index contributed by atoms with van der Waals surface area (Å²) in [4.78, 5) is 0. The summed E-state index contributed by atoms with van der Waals surface area (Å²) in [6, 6.07) is 21.5. The zero-order chi connectivity index (χ0) is 21.9. The molecule has 0 unspecified atom stereocenters. The molecule has 5 heteroatoms. The second-order valence-corrected chi connectivity index (χ2v) is 14.2. The van der Waals surface area contributed by atoms with Crippen molar-refractivity contribution in [2.24, 2.45) is 0 Å². The highest BCUT2D eigenvalue weighted by Gasteiger charge is 2.50. The molecule has 0 aliphatic carbocycles. The lowest BCUT2D eigenvalue weighted by molar-refractivity contribution is -0.0802. The quantitative estimate of drug-likeness (QED) is 0.668. The van der Waals surface area contributed by atoms with Crippen LogP contribution in [0.2, 0.25) is 5.04 Å². The maximum Gasteiger partial charge on any atom is 0.261 e. The van der Waals surface area contributed by atoms with Gasteiger partial charge in [0.05, 0.1) is 37.6 Å². The Morgan fingerprint density at radius 2 is 1.29 bits per heavy atom. The van der Waals surface area contributed by atoms with Gasteiger partial charge in [0.1, 0.15) is 0 Å². The molecule has 2 aliphatic heterocycles. The SMILES string of the molecule is CC(C)(C)[Si](OC[C@H]1CC[C@H]([C@H]2CC[C@H](CO)O2)O1)(c1ccccc1)c1ccccc1. The van der Waals surface area contributed by atoms with E-state index in [1.165, 1.54) is 10.4 Å². The normalized spacial score (nSPS) is 27.0. The summed E-state index contributed by atoms with van der Waals surface area (Å²) in [6.45, 7) is 7.61. The van der Waals surface area contributed by atoms with Gasteiger partial charge in [-0.25, -0.2) is 0 Å². The van der Waals surface area contributed by atoms with Crippen LogP contribution in [-0.4, -0.2) is 51.1 Å².